The van der Waals surface area contributed by atoms with E-state index in [1.807, 2.05) is 0 Å². The first-order chi connectivity index (χ1) is 10.1. The predicted molar refractivity (Wildman–Crippen MR) is 82.6 cm³/mol. The number of amides is 2. The molecule has 5 heteroatoms. The zero-order valence-corrected chi connectivity index (χ0v) is 12.5. The zero-order chi connectivity index (χ0) is 15.3. The molecule has 1 aromatic rings. The Morgan fingerprint density at radius 1 is 1.33 bits per heavy atom. The fraction of sp³-hybridized carbons (Fsp3) is 0.562. The molecule has 0 bridgehead atoms. The Kier molecular flexibility index (Phi) is 5.17. The van der Waals surface area contributed by atoms with Gasteiger partial charge in [0, 0.05) is 12.2 Å². The van der Waals surface area contributed by atoms with E-state index >= 15 is 0 Å². The second-order valence-electron chi connectivity index (χ2n) is 5.92. The lowest BCUT2D eigenvalue weighted by molar-refractivity contribution is 0.189. The molecule has 2 rings (SSSR count). The van der Waals surface area contributed by atoms with Crippen LogP contribution in [0, 0.1) is 11.7 Å². The summed E-state index contributed by atoms with van der Waals surface area (Å²) in [7, 11) is 0. The Balaban J connectivity index is 1.92. The summed E-state index contributed by atoms with van der Waals surface area (Å²) in [6, 6.07) is 5.44. The van der Waals surface area contributed by atoms with Gasteiger partial charge >= 0.3 is 6.03 Å². The Labute approximate surface area is 125 Å². The van der Waals surface area contributed by atoms with Gasteiger partial charge < -0.3 is 16.4 Å². The van der Waals surface area contributed by atoms with Crippen LogP contribution in [0.4, 0.5) is 14.9 Å². The van der Waals surface area contributed by atoms with Crippen molar-refractivity contribution in [2.45, 2.75) is 44.6 Å². The Morgan fingerprint density at radius 3 is 2.48 bits per heavy atom. The second kappa shape index (κ2) is 6.89. The molecule has 0 spiro atoms. The Bertz CT molecular complexity index is 467. The maximum Gasteiger partial charge on any atom is 0.319 e. The molecular formula is C16H24FN3O. The van der Waals surface area contributed by atoms with Gasteiger partial charge in [0.2, 0.25) is 0 Å². The number of nitrogens with two attached hydrogens (primary N) is 1. The van der Waals surface area contributed by atoms with Crippen molar-refractivity contribution >= 4 is 11.7 Å². The van der Waals surface area contributed by atoms with E-state index in [9.17, 15) is 9.18 Å². The summed E-state index contributed by atoms with van der Waals surface area (Å²) in [5, 5.41) is 5.75. The van der Waals surface area contributed by atoms with Gasteiger partial charge in [0.15, 0.2) is 0 Å². The molecule has 0 atom stereocenters. The van der Waals surface area contributed by atoms with Crippen LogP contribution in [0.1, 0.15) is 39.0 Å². The van der Waals surface area contributed by atoms with Crippen molar-refractivity contribution in [1.29, 1.82) is 0 Å². The molecule has 1 aliphatic rings. The minimum atomic E-state index is -0.322. The average Bonchev–Trinajstić information content (AvgIpc) is 2.50. The Hall–Kier alpha value is -1.62. The number of urea groups is 1. The molecule has 4 nitrogen and oxygen atoms in total. The summed E-state index contributed by atoms with van der Waals surface area (Å²) in [6.45, 7) is 2.65. The van der Waals surface area contributed by atoms with Gasteiger partial charge in [0.25, 0.3) is 0 Å². The summed E-state index contributed by atoms with van der Waals surface area (Å²) >= 11 is 0. The summed E-state index contributed by atoms with van der Waals surface area (Å²) in [6.07, 6.45) is 5.22. The van der Waals surface area contributed by atoms with Gasteiger partial charge in [-0.25, -0.2) is 9.18 Å². The maximum absolute atomic E-state index is 12.8. The number of carbonyl (C=O) groups is 1. The van der Waals surface area contributed by atoms with Gasteiger partial charge in [0.1, 0.15) is 5.82 Å². The Morgan fingerprint density at radius 2 is 1.95 bits per heavy atom. The van der Waals surface area contributed by atoms with Crippen molar-refractivity contribution in [3.05, 3.63) is 30.1 Å². The topological polar surface area (TPSA) is 67.1 Å². The summed E-state index contributed by atoms with van der Waals surface area (Å²) < 4.78 is 12.8. The molecule has 21 heavy (non-hydrogen) atoms. The molecule has 1 aliphatic carbocycles. The molecule has 0 saturated heterocycles. The fourth-order valence-electron chi connectivity index (χ4n) is 2.95. The van der Waals surface area contributed by atoms with Crippen molar-refractivity contribution in [3.8, 4) is 0 Å². The van der Waals surface area contributed by atoms with Gasteiger partial charge in [-0.2, -0.15) is 0 Å². The van der Waals surface area contributed by atoms with Crippen LogP contribution in [-0.2, 0) is 0 Å². The van der Waals surface area contributed by atoms with E-state index < -0.39 is 0 Å². The molecule has 0 aliphatic heterocycles. The summed E-state index contributed by atoms with van der Waals surface area (Å²) in [4.78, 5) is 12.1. The third-order valence-electron chi connectivity index (χ3n) is 4.51. The molecule has 1 aromatic carbocycles. The van der Waals surface area contributed by atoms with Crippen molar-refractivity contribution < 1.29 is 9.18 Å². The molecule has 0 heterocycles. The molecule has 0 aromatic heterocycles. The lowest BCUT2D eigenvalue weighted by Gasteiger charge is -2.39. The van der Waals surface area contributed by atoms with E-state index in [1.165, 1.54) is 30.7 Å². The highest BCUT2D eigenvalue weighted by atomic mass is 19.1. The van der Waals surface area contributed by atoms with E-state index in [2.05, 4.69) is 17.6 Å². The quantitative estimate of drug-likeness (QED) is 0.797. The molecule has 1 saturated carbocycles. The largest absolute Gasteiger partial charge is 0.331 e. The minimum absolute atomic E-state index is 0.276. The standard InChI is InChI=1S/C16H24FN3O/c1-2-12-7-9-16(11-18,10-8-12)20-15(21)19-14-5-3-13(17)4-6-14/h3-6,12H,2,7-11,18H2,1H3,(H2,19,20,21). The van der Waals surface area contributed by atoms with Crippen LogP contribution < -0.4 is 16.4 Å². The van der Waals surface area contributed by atoms with Crippen LogP contribution in [0.3, 0.4) is 0 Å². The lowest BCUT2D eigenvalue weighted by Crippen LogP contribution is -2.56. The van der Waals surface area contributed by atoms with E-state index in [0.29, 0.717) is 12.2 Å². The van der Waals surface area contributed by atoms with Gasteiger partial charge in [-0.05, 0) is 55.9 Å². The van der Waals surface area contributed by atoms with Gasteiger partial charge in [-0.3, -0.25) is 0 Å². The number of halogens is 1. The molecule has 4 N–H and O–H groups in total. The fourth-order valence-corrected chi connectivity index (χ4v) is 2.95. The number of rotatable bonds is 4. The van der Waals surface area contributed by atoms with Crippen LogP contribution in [0.2, 0.25) is 0 Å². The molecule has 0 unspecified atom stereocenters. The highest BCUT2D eigenvalue weighted by Crippen LogP contribution is 2.33. The first-order valence-electron chi connectivity index (χ1n) is 7.62. The van der Waals surface area contributed by atoms with E-state index in [1.54, 1.807) is 0 Å². The average molecular weight is 293 g/mol. The first-order valence-corrected chi connectivity index (χ1v) is 7.62. The number of carbonyl (C=O) groups excluding carboxylic acids is 1. The van der Waals surface area contributed by atoms with E-state index in [0.717, 1.165) is 31.6 Å². The maximum atomic E-state index is 12.8. The zero-order valence-electron chi connectivity index (χ0n) is 12.5. The van der Waals surface area contributed by atoms with Gasteiger partial charge in [-0.15, -0.1) is 0 Å². The van der Waals surface area contributed by atoms with Crippen molar-refractivity contribution in [3.63, 3.8) is 0 Å². The number of anilines is 1. The van der Waals surface area contributed by atoms with Crippen LogP contribution >= 0.6 is 0 Å². The number of benzene rings is 1. The molecule has 2 amide bonds. The highest BCUT2D eigenvalue weighted by Gasteiger charge is 2.34. The number of hydrogen-bond donors (Lipinski definition) is 3. The monoisotopic (exact) mass is 293 g/mol. The highest BCUT2D eigenvalue weighted by molar-refractivity contribution is 5.89. The van der Waals surface area contributed by atoms with Gasteiger partial charge in [-0.1, -0.05) is 13.3 Å². The van der Waals surface area contributed by atoms with Crippen LogP contribution in [-0.4, -0.2) is 18.1 Å². The smallest absolute Gasteiger partial charge is 0.319 e. The lowest BCUT2D eigenvalue weighted by atomic mass is 9.75. The molecule has 0 radical (unpaired) electrons. The predicted octanol–water partition coefficient (Wildman–Crippen LogP) is 3.24. The SMILES string of the molecule is CCC1CCC(CN)(NC(=O)Nc2ccc(F)cc2)CC1. The number of hydrogen-bond acceptors (Lipinski definition) is 2. The molecule has 116 valence electrons. The van der Waals surface area contributed by atoms with Crippen LogP contribution in [0.25, 0.3) is 0 Å². The summed E-state index contributed by atoms with van der Waals surface area (Å²) in [5.41, 5.74) is 6.16. The minimum Gasteiger partial charge on any atom is -0.331 e. The van der Waals surface area contributed by atoms with Crippen LogP contribution in [0.5, 0.6) is 0 Å². The van der Waals surface area contributed by atoms with E-state index in [4.69, 9.17) is 5.73 Å². The number of nitrogens with one attached hydrogen (secondary N) is 2. The van der Waals surface area contributed by atoms with E-state index in [-0.39, 0.29) is 17.4 Å². The normalized spacial score (nSPS) is 25.4. The third-order valence-corrected chi connectivity index (χ3v) is 4.51. The van der Waals surface area contributed by atoms with Crippen LogP contribution in [0.15, 0.2) is 24.3 Å². The van der Waals surface area contributed by atoms with Crippen molar-refractivity contribution in [1.82, 2.24) is 5.32 Å². The molecule has 1 fully saturated rings. The first kappa shape index (κ1) is 15.8. The summed E-state index contributed by atoms with van der Waals surface area (Å²) in [5.74, 6) is 0.420. The van der Waals surface area contributed by atoms with Crippen molar-refractivity contribution in [2.24, 2.45) is 11.7 Å². The van der Waals surface area contributed by atoms with Gasteiger partial charge in [0.05, 0.1) is 5.54 Å². The second-order valence-corrected chi connectivity index (χ2v) is 5.92. The van der Waals surface area contributed by atoms with Crippen molar-refractivity contribution in [2.75, 3.05) is 11.9 Å². The molecular weight excluding hydrogens is 269 g/mol. The third kappa shape index (κ3) is 4.17.